The molecule has 0 aliphatic rings. The molecule has 0 aliphatic carbocycles. The summed E-state index contributed by atoms with van der Waals surface area (Å²) in [5, 5.41) is 9.19. The Morgan fingerprint density at radius 1 is 1.50 bits per heavy atom. The van der Waals surface area contributed by atoms with Gasteiger partial charge in [0.25, 0.3) is 0 Å². The highest BCUT2D eigenvalue weighted by molar-refractivity contribution is 5.69. The summed E-state index contributed by atoms with van der Waals surface area (Å²) in [5.74, 6) is 0.213. The zero-order valence-corrected chi connectivity index (χ0v) is 11.8. The maximum atomic E-state index is 11.2. The second-order valence-electron chi connectivity index (χ2n) is 4.79. The summed E-state index contributed by atoms with van der Waals surface area (Å²) >= 11 is 0. The van der Waals surface area contributed by atoms with Crippen molar-refractivity contribution in [2.24, 2.45) is 7.05 Å². The fraction of sp³-hybridized carbons (Fsp3) is 0.333. The topological polar surface area (TPSA) is 64.3 Å². The first kappa shape index (κ1) is 14.1. The summed E-state index contributed by atoms with van der Waals surface area (Å²) < 4.78 is 7.21. The number of benzene rings is 1. The fourth-order valence-corrected chi connectivity index (χ4v) is 2.35. The van der Waals surface area contributed by atoms with Crippen LogP contribution < -0.4 is 4.74 Å². The molecule has 1 aromatic heterocycles. The van der Waals surface area contributed by atoms with E-state index in [1.807, 2.05) is 42.9 Å². The van der Waals surface area contributed by atoms with E-state index in [4.69, 9.17) is 4.74 Å². The van der Waals surface area contributed by atoms with Crippen LogP contribution in [0.1, 0.15) is 29.3 Å². The molecule has 2 aromatic rings. The number of hydrogen-bond acceptors (Lipinski definition) is 3. The lowest BCUT2D eigenvalue weighted by atomic mass is 9.92. The molecule has 20 heavy (non-hydrogen) atoms. The Labute approximate surface area is 117 Å². The Morgan fingerprint density at radius 2 is 2.25 bits per heavy atom. The van der Waals surface area contributed by atoms with E-state index in [2.05, 4.69) is 4.98 Å². The molecular weight excluding hydrogens is 256 g/mol. The van der Waals surface area contributed by atoms with Crippen molar-refractivity contribution in [3.05, 3.63) is 47.5 Å². The number of imidazole rings is 1. The Bertz CT molecular complexity index is 619. The SMILES string of the molecule is COc1ccc(C)cc1C(CC(=O)O)c1nccn1C. The smallest absolute Gasteiger partial charge is 0.304 e. The highest BCUT2D eigenvalue weighted by Gasteiger charge is 2.24. The molecule has 0 saturated heterocycles. The van der Waals surface area contributed by atoms with Crippen LogP contribution in [0.25, 0.3) is 0 Å². The van der Waals surface area contributed by atoms with E-state index in [0.29, 0.717) is 5.75 Å². The Morgan fingerprint density at radius 3 is 2.80 bits per heavy atom. The predicted molar refractivity (Wildman–Crippen MR) is 75.0 cm³/mol. The largest absolute Gasteiger partial charge is 0.496 e. The standard InChI is InChI=1S/C15H18N2O3/c1-10-4-5-13(20-3)11(8-10)12(9-14(18)19)15-16-6-7-17(15)2/h4-8,12H,9H2,1-3H3,(H,18,19). The number of carbonyl (C=O) groups is 1. The first-order chi connectivity index (χ1) is 9.52. The Kier molecular flexibility index (Phi) is 4.08. The maximum Gasteiger partial charge on any atom is 0.304 e. The van der Waals surface area contributed by atoms with Crippen LogP contribution >= 0.6 is 0 Å². The van der Waals surface area contributed by atoms with Crippen LogP contribution in [0.3, 0.4) is 0 Å². The minimum absolute atomic E-state index is 0.0231. The summed E-state index contributed by atoms with van der Waals surface area (Å²) in [7, 11) is 3.45. The van der Waals surface area contributed by atoms with Crippen molar-refractivity contribution in [3.63, 3.8) is 0 Å². The molecule has 106 valence electrons. The predicted octanol–water partition coefficient (Wildman–Crippen LogP) is 2.34. The van der Waals surface area contributed by atoms with Gasteiger partial charge in [0.2, 0.25) is 0 Å². The number of aryl methyl sites for hydroxylation is 2. The molecular formula is C15H18N2O3. The number of carboxylic acids is 1. The monoisotopic (exact) mass is 274 g/mol. The Hall–Kier alpha value is -2.30. The lowest BCUT2D eigenvalue weighted by Gasteiger charge is -2.19. The average molecular weight is 274 g/mol. The molecule has 1 atom stereocenters. The van der Waals surface area contributed by atoms with Gasteiger partial charge < -0.3 is 14.4 Å². The number of ether oxygens (including phenoxy) is 1. The van der Waals surface area contributed by atoms with E-state index in [1.165, 1.54) is 0 Å². The van der Waals surface area contributed by atoms with Crippen molar-refractivity contribution < 1.29 is 14.6 Å². The number of rotatable bonds is 5. The number of aliphatic carboxylic acids is 1. The molecule has 1 aromatic carbocycles. The number of hydrogen-bond donors (Lipinski definition) is 1. The van der Waals surface area contributed by atoms with Gasteiger partial charge in [-0.25, -0.2) is 4.98 Å². The van der Waals surface area contributed by atoms with Crippen molar-refractivity contribution in [2.45, 2.75) is 19.3 Å². The van der Waals surface area contributed by atoms with Gasteiger partial charge in [-0.2, -0.15) is 0 Å². The summed E-state index contributed by atoms with van der Waals surface area (Å²) in [5.41, 5.74) is 1.91. The fourth-order valence-electron chi connectivity index (χ4n) is 2.35. The van der Waals surface area contributed by atoms with Gasteiger partial charge in [-0.1, -0.05) is 17.7 Å². The highest BCUT2D eigenvalue weighted by atomic mass is 16.5. The average Bonchev–Trinajstić information content (AvgIpc) is 2.82. The quantitative estimate of drug-likeness (QED) is 0.909. The van der Waals surface area contributed by atoms with Gasteiger partial charge in [0.05, 0.1) is 19.4 Å². The molecule has 0 amide bonds. The van der Waals surface area contributed by atoms with Crippen molar-refractivity contribution in [1.82, 2.24) is 9.55 Å². The normalized spacial score (nSPS) is 12.2. The lowest BCUT2D eigenvalue weighted by Crippen LogP contribution is -2.13. The Balaban J connectivity index is 2.54. The van der Waals surface area contributed by atoms with E-state index < -0.39 is 5.97 Å². The maximum absolute atomic E-state index is 11.2. The molecule has 0 aliphatic heterocycles. The van der Waals surface area contributed by atoms with Gasteiger partial charge in [0.1, 0.15) is 11.6 Å². The molecule has 0 fully saturated rings. The van der Waals surface area contributed by atoms with Gasteiger partial charge in [-0.05, 0) is 13.0 Å². The summed E-state index contributed by atoms with van der Waals surface area (Å²) in [6, 6.07) is 5.77. The van der Waals surface area contributed by atoms with Crippen molar-refractivity contribution >= 4 is 5.97 Å². The van der Waals surface area contributed by atoms with E-state index >= 15 is 0 Å². The number of aromatic nitrogens is 2. The highest BCUT2D eigenvalue weighted by Crippen LogP contribution is 2.34. The van der Waals surface area contributed by atoms with Crippen molar-refractivity contribution in [2.75, 3.05) is 7.11 Å². The van der Waals surface area contributed by atoms with Gasteiger partial charge >= 0.3 is 5.97 Å². The first-order valence-corrected chi connectivity index (χ1v) is 6.36. The second-order valence-corrected chi connectivity index (χ2v) is 4.79. The molecule has 1 N–H and O–H groups in total. The number of nitrogens with zero attached hydrogens (tertiary/aromatic N) is 2. The molecule has 1 heterocycles. The third-order valence-corrected chi connectivity index (χ3v) is 3.31. The van der Waals surface area contributed by atoms with E-state index in [1.54, 1.807) is 13.3 Å². The van der Waals surface area contributed by atoms with Crippen LogP contribution in [0.15, 0.2) is 30.6 Å². The van der Waals surface area contributed by atoms with Crippen LogP contribution in [0, 0.1) is 6.92 Å². The summed E-state index contributed by atoms with van der Waals surface area (Å²) in [4.78, 5) is 15.5. The number of carboxylic acid groups (broad SMARTS) is 1. The van der Waals surface area contributed by atoms with Gasteiger partial charge in [0.15, 0.2) is 0 Å². The second kappa shape index (κ2) is 5.77. The number of methoxy groups -OCH3 is 1. The van der Waals surface area contributed by atoms with Gasteiger partial charge in [-0.15, -0.1) is 0 Å². The minimum atomic E-state index is -0.860. The van der Waals surface area contributed by atoms with E-state index in [-0.39, 0.29) is 12.3 Å². The van der Waals surface area contributed by atoms with Crippen molar-refractivity contribution in [1.29, 1.82) is 0 Å². The van der Waals surface area contributed by atoms with Gasteiger partial charge in [-0.3, -0.25) is 4.79 Å². The summed E-state index contributed by atoms with van der Waals surface area (Å²) in [6.45, 7) is 1.97. The van der Waals surface area contributed by atoms with E-state index in [9.17, 15) is 9.90 Å². The molecule has 0 spiro atoms. The van der Waals surface area contributed by atoms with Gasteiger partial charge in [0, 0.05) is 25.0 Å². The van der Waals surface area contributed by atoms with Crippen LogP contribution in [-0.4, -0.2) is 27.7 Å². The van der Waals surface area contributed by atoms with E-state index in [0.717, 1.165) is 17.0 Å². The molecule has 0 radical (unpaired) electrons. The molecule has 5 heteroatoms. The van der Waals surface area contributed by atoms with Crippen LogP contribution in [0.5, 0.6) is 5.75 Å². The van der Waals surface area contributed by atoms with Crippen LogP contribution in [-0.2, 0) is 11.8 Å². The molecule has 5 nitrogen and oxygen atoms in total. The molecule has 0 saturated carbocycles. The minimum Gasteiger partial charge on any atom is -0.496 e. The zero-order valence-electron chi connectivity index (χ0n) is 11.8. The third kappa shape index (κ3) is 2.82. The lowest BCUT2D eigenvalue weighted by molar-refractivity contribution is -0.137. The molecule has 2 rings (SSSR count). The first-order valence-electron chi connectivity index (χ1n) is 6.36. The van der Waals surface area contributed by atoms with Crippen LogP contribution in [0.4, 0.5) is 0 Å². The summed E-state index contributed by atoms with van der Waals surface area (Å²) in [6.07, 6.45) is 3.46. The molecule has 0 bridgehead atoms. The third-order valence-electron chi connectivity index (χ3n) is 3.31. The zero-order chi connectivity index (χ0) is 14.7. The van der Waals surface area contributed by atoms with Crippen LogP contribution in [0.2, 0.25) is 0 Å². The molecule has 1 unspecified atom stereocenters. The van der Waals surface area contributed by atoms with Crippen molar-refractivity contribution in [3.8, 4) is 5.75 Å².